The number of carbonyl (C=O) groups is 1. The van der Waals surface area contributed by atoms with Crippen LogP contribution in [-0.2, 0) is 19.0 Å². The Labute approximate surface area is 95.6 Å². The minimum absolute atomic E-state index is 0.0432. The summed E-state index contributed by atoms with van der Waals surface area (Å²) < 4.78 is 14.8. The molecule has 0 fully saturated rings. The van der Waals surface area contributed by atoms with E-state index in [-0.39, 0.29) is 18.3 Å². The first-order valence-electron chi connectivity index (χ1n) is 5.11. The Balaban J connectivity index is 4.18. The molecule has 5 heteroatoms. The van der Waals surface area contributed by atoms with Gasteiger partial charge >= 0.3 is 5.97 Å². The Hall–Kier alpha value is -1.54. The van der Waals surface area contributed by atoms with E-state index in [4.69, 9.17) is 14.7 Å². The number of methoxy groups -OCH3 is 1. The van der Waals surface area contributed by atoms with E-state index in [0.717, 1.165) is 12.7 Å². The topological polar surface area (TPSA) is 68.6 Å². The van der Waals surface area contributed by atoms with Crippen LogP contribution in [0.2, 0.25) is 0 Å². The molecule has 16 heavy (non-hydrogen) atoms. The van der Waals surface area contributed by atoms with Crippen molar-refractivity contribution in [2.24, 2.45) is 0 Å². The Bertz CT molecular complexity index is 276. The lowest BCUT2D eigenvalue weighted by Crippen LogP contribution is -2.16. The molecule has 0 N–H and O–H groups in total. The largest absolute Gasteiger partial charge is 0.497 e. The van der Waals surface area contributed by atoms with Gasteiger partial charge in [0.25, 0.3) is 0 Å². The number of carbonyl (C=O) groups excluding carboxylic acids is 1. The van der Waals surface area contributed by atoms with Crippen molar-refractivity contribution >= 4 is 5.97 Å². The Morgan fingerprint density at radius 2 is 2.19 bits per heavy atom. The number of nitrogens with zero attached hydrogens (tertiary/aromatic N) is 1. The Morgan fingerprint density at radius 3 is 2.62 bits per heavy atom. The molecule has 0 aliphatic carbocycles. The first-order valence-corrected chi connectivity index (χ1v) is 5.11. The van der Waals surface area contributed by atoms with E-state index in [1.807, 2.05) is 6.92 Å². The lowest BCUT2D eigenvalue weighted by molar-refractivity contribution is -0.138. The highest BCUT2D eigenvalue weighted by Gasteiger charge is 2.10. The van der Waals surface area contributed by atoms with E-state index in [1.165, 1.54) is 0 Å². The second-order valence-electron chi connectivity index (χ2n) is 2.96. The molecule has 0 aliphatic rings. The minimum Gasteiger partial charge on any atom is -0.497 e. The third-order valence-corrected chi connectivity index (χ3v) is 1.89. The summed E-state index contributed by atoms with van der Waals surface area (Å²) in [6.45, 7) is 4.16. The van der Waals surface area contributed by atoms with Gasteiger partial charge in [0.05, 0.1) is 12.7 Å². The molecule has 0 rings (SSSR count). The second kappa shape index (κ2) is 8.74. The average Bonchev–Trinajstić information content (AvgIpc) is 2.30. The van der Waals surface area contributed by atoms with Crippen molar-refractivity contribution in [3.63, 3.8) is 0 Å². The predicted octanol–water partition coefficient (Wildman–Crippen LogP) is 1.40. The lowest BCUT2D eigenvalue weighted by atomic mass is 10.3. The molecule has 0 aromatic rings. The van der Waals surface area contributed by atoms with E-state index in [9.17, 15) is 4.79 Å². The molecule has 5 nitrogen and oxygen atoms in total. The van der Waals surface area contributed by atoms with Crippen LogP contribution in [0.5, 0.6) is 0 Å². The van der Waals surface area contributed by atoms with Gasteiger partial charge in [-0.15, -0.1) is 0 Å². The molecule has 0 radical (unpaired) electrons. The fraction of sp³-hybridized carbons (Fsp3) is 0.636. The summed E-state index contributed by atoms with van der Waals surface area (Å²) in [5.41, 5.74) is -0.146. The molecule has 0 aromatic carbocycles. The van der Waals surface area contributed by atoms with Gasteiger partial charge in [-0.3, -0.25) is 0 Å². The molecule has 0 heterocycles. The highest BCUT2D eigenvalue weighted by atomic mass is 16.5. The molecule has 0 amide bonds. The fourth-order valence-electron chi connectivity index (χ4n) is 0.920. The number of esters is 1. The summed E-state index contributed by atoms with van der Waals surface area (Å²) >= 11 is 0. The van der Waals surface area contributed by atoms with Crippen molar-refractivity contribution in [2.45, 2.75) is 26.4 Å². The van der Waals surface area contributed by atoms with Gasteiger partial charge in [0.15, 0.2) is 5.57 Å². The van der Waals surface area contributed by atoms with Gasteiger partial charge < -0.3 is 14.2 Å². The van der Waals surface area contributed by atoms with Crippen LogP contribution < -0.4 is 0 Å². The van der Waals surface area contributed by atoms with Crippen LogP contribution in [0, 0.1) is 11.3 Å². The van der Waals surface area contributed by atoms with Crippen LogP contribution >= 0.6 is 0 Å². The van der Waals surface area contributed by atoms with E-state index >= 15 is 0 Å². The van der Waals surface area contributed by atoms with Gasteiger partial charge in [-0.2, -0.15) is 5.26 Å². The number of nitriles is 1. The highest BCUT2D eigenvalue weighted by Crippen LogP contribution is 2.01. The maximum absolute atomic E-state index is 11.2. The number of rotatable bonds is 7. The number of hydrogen-bond acceptors (Lipinski definition) is 5. The summed E-state index contributed by atoms with van der Waals surface area (Å²) in [5.74, 6) is -0.671. The lowest BCUT2D eigenvalue weighted by Gasteiger charge is -2.11. The molecule has 0 saturated heterocycles. The molecule has 0 saturated carbocycles. The zero-order valence-corrected chi connectivity index (χ0v) is 9.86. The number of ether oxygens (including phenoxy) is 3. The van der Waals surface area contributed by atoms with Gasteiger partial charge in [0.1, 0.15) is 18.9 Å². The molecule has 1 unspecified atom stereocenters. The third-order valence-electron chi connectivity index (χ3n) is 1.89. The summed E-state index contributed by atoms with van der Waals surface area (Å²) in [4.78, 5) is 11.2. The van der Waals surface area contributed by atoms with Crippen molar-refractivity contribution < 1.29 is 19.0 Å². The Kier molecular flexibility index (Phi) is 7.90. The molecule has 90 valence electrons. The summed E-state index contributed by atoms with van der Waals surface area (Å²) in [6, 6.07) is 1.72. The molecule has 0 aromatic heterocycles. The zero-order chi connectivity index (χ0) is 12.4. The number of hydrogen-bond donors (Lipinski definition) is 0. The molecular weight excluding hydrogens is 210 g/mol. The average molecular weight is 227 g/mol. The minimum atomic E-state index is -0.671. The normalized spacial score (nSPS) is 12.8. The SMILES string of the molecule is CCOC(=O)/C(C#N)=C/OCC(CC)OC. The van der Waals surface area contributed by atoms with Crippen LogP contribution in [-0.4, -0.2) is 32.4 Å². The van der Waals surface area contributed by atoms with Crippen molar-refractivity contribution in [1.82, 2.24) is 0 Å². The second-order valence-corrected chi connectivity index (χ2v) is 2.96. The van der Waals surface area contributed by atoms with Crippen LogP contribution in [0.25, 0.3) is 0 Å². The third kappa shape index (κ3) is 5.37. The Morgan fingerprint density at radius 1 is 1.50 bits per heavy atom. The zero-order valence-electron chi connectivity index (χ0n) is 9.86. The van der Waals surface area contributed by atoms with Crippen LogP contribution in [0.1, 0.15) is 20.3 Å². The maximum Gasteiger partial charge on any atom is 0.352 e. The molecule has 0 aliphatic heterocycles. The van der Waals surface area contributed by atoms with Gasteiger partial charge in [0.2, 0.25) is 0 Å². The molecular formula is C11H17NO4. The van der Waals surface area contributed by atoms with Crippen molar-refractivity contribution in [3.8, 4) is 6.07 Å². The highest BCUT2D eigenvalue weighted by molar-refractivity contribution is 5.92. The quantitative estimate of drug-likeness (QED) is 0.284. The molecule has 0 spiro atoms. The smallest absolute Gasteiger partial charge is 0.352 e. The van der Waals surface area contributed by atoms with Crippen LogP contribution in [0.4, 0.5) is 0 Å². The van der Waals surface area contributed by atoms with Crippen molar-refractivity contribution in [1.29, 1.82) is 5.26 Å². The molecule has 1 atom stereocenters. The monoisotopic (exact) mass is 227 g/mol. The first kappa shape index (κ1) is 14.5. The van der Waals surface area contributed by atoms with E-state index < -0.39 is 5.97 Å². The summed E-state index contributed by atoms with van der Waals surface area (Å²) in [7, 11) is 1.58. The van der Waals surface area contributed by atoms with Crippen LogP contribution in [0.15, 0.2) is 11.8 Å². The summed E-state index contributed by atoms with van der Waals surface area (Å²) in [5, 5.41) is 8.67. The molecule has 0 bridgehead atoms. The van der Waals surface area contributed by atoms with Gasteiger partial charge in [0, 0.05) is 7.11 Å². The van der Waals surface area contributed by atoms with Crippen molar-refractivity contribution in [2.75, 3.05) is 20.3 Å². The van der Waals surface area contributed by atoms with Crippen molar-refractivity contribution in [3.05, 3.63) is 11.8 Å². The van der Waals surface area contributed by atoms with Gasteiger partial charge in [-0.1, -0.05) is 6.92 Å². The van der Waals surface area contributed by atoms with E-state index in [2.05, 4.69) is 4.74 Å². The maximum atomic E-state index is 11.2. The van der Waals surface area contributed by atoms with Gasteiger partial charge in [-0.25, -0.2) is 4.79 Å². The van der Waals surface area contributed by atoms with E-state index in [0.29, 0.717) is 6.61 Å². The predicted molar refractivity (Wildman–Crippen MR) is 57.4 cm³/mol. The van der Waals surface area contributed by atoms with Crippen LogP contribution in [0.3, 0.4) is 0 Å². The summed E-state index contributed by atoms with van der Waals surface area (Å²) in [6.07, 6.45) is 1.86. The fourth-order valence-corrected chi connectivity index (χ4v) is 0.920. The van der Waals surface area contributed by atoms with Gasteiger partial charge in [-0.05, 0) is 13.3 Å². The van der Waals surface area contributed by atoms with E-state index in [1.54, 1.807) is 20.1 Å². The first-order chi connectivity index (χ1) is 7.69. The standard InChI is InChI=1S/C11H17NO4/c1-4-10(14-3)8-15-7-9(6-12)11(13)16-5-2/h7,10H,4-5,8H2,1-3H3/b9-7+.